The average molecular weight is 337 g/mol. The summed E-state index contributed by atoms with van der Waals surface area (Å²) in [6, 6.07) is 1.69. The van der Waals surface area contributed by atoms with Crippen molar-refractivity contribution in [1.82, 2.24) is 14.2 Å². The highest BCUT2D eigenvalue weighted by Gasteiger charge is 2.30. The molecule has 120 valence electrons. The highest BCUT2D eigenvalue weighted by atomic mass is 35.5. The minimum Gasteiger partial charge on any atom is -0.364 e. The second-order valence-electron chi connectivity index (χ2n) is 5.00. The fraction of sp³-hybridized carbons (Fsp3) is 0.583. The minimum atomic E-state index is -3.55. The first-order valence-corrected chi connectivity index (χ1v) is 7.94. The Kier molecular flexibility index (Phi) is 5.80. The van der Waals surface area contributed by atoms with Crippen LogP contribution in [0.5, 0.6) is 0 Å². The number of hydrogen-bond acceptors (Lipinski definition) is 4. The van der Waals surface area contributed by atoms with E-state index in [4.69, 9.17) is 5.73 Å². The number of primary amides is 1. The van der Waals surface area contributed by atoms with Gasteiger partial charge in [-0.25, -0.2) is 8.42 Å². The maximum atomic E-state index is 12.5. The normalized spacial score (nSPS) is 17.4. The third-order valence-corrected chi connectivity index (χ3v) is 5.60. The quantitative estimate of drug-likeness (QED) is 0.803. The molecule has 1 saturated heterocycles. The fourth-order valence-corrected chi connectivity index (χ4v) is 4.00. The molecule has 7 nitrogen and oxygen atoms in total. The Morgan fingerprint density at radius 2 is 1.95 bits per heavy atom. The number of aryl methyl sites for hydroxylation is 1. The Hall–Kier alpha value is -1.09. The van der Waals surface area contributed by atoms with Crippen LogP contribution < -0.4 is 11.1 Å². The molecule has 0 aliphatic carbocycles. The van der Waals surface area contributed by atoms with Crippen molar-refractivity contribution in [2.24, 2.45) is 12.8 Å². The topological polar surface area (TPSA) is 97.4 Å². The molecule has 21 heavy (non-hydrogen) atoms. The summed E-state index contributed by atoms with van der Waals surface area (Å²) in [5, 5.41) is 3.16. The summed E-state index contributed by atoms with van der Waals surface area (Å²) < 4.78 is 27.9. The zero-order valence-corrected chi connectivity index (χ0v) is 13.7. The van der Waals surface area contributed by atoms with E-state index in [1.807, 2.05) is 7.05 Å². The summed E-state index contributed by atoms with van der Waals surface area (Å²) in [5.41, 5.74) is 5.40. The summed E-state index contributed by atoms with van der Waals surface area (Å²) in [5.74, 6) is -0.636. The van der Waals surface area contributed by atoms with E-state index in [0.29, 0.717) is 19.1 Å². The van der Waals surface area contributed by atoms with E-state index in [9.17, 15) is 13.2 Å². The summed E-state index contributed by atoms with van der Waals surface area (Å²) in [4.78, 5) is 11.3. The first kappa shape index (κ1) is 18.0. The van der Waals surface area contributed by atoms with Gasteiger partial charge in [-0.2, -0.15) is 4.31 Å². The molecule has 0 aromatic carbocycles. The molecule has 2 heterocycles. The molecular formula is C12H21ClN4O3S. The van der Waals surface area contributed by atoms with Gasteiger partial charge in [-0.15, -0.1) is 12.4 Å². The standard InChI is InChI=1S/C12H20N4O3S.ClH/c1-14-9-3-5-16(6-4-9)20(18,19)10-7-11(12(13)17)15(2)8-10;/h7-9,14H,3-6H2,1-2H3,(H2,13,17);1H. The lowest BCUT2D eigenvalue weighted by atomic mass is 10.1. The van der Waals surface area contributed by atoms with E-state index in [1.165, 1.54) is 21.1 Å². The van der Waals surface area contributed by atoms with Crippen LogP contribution in [0, 0.1) is 0 Å². The van der Waals surface area contributed by atoms with E-state index in [2.05, 4.69) is 5.32 Å². The van der Waals surface area contributed by atoms with Gasteiger partial charge in [0, 0.05) is 32.4 Å². The van der Waals surface area contributed by atoms with Gasteiger partial charge in [-0.1, -0.05) is 0 Å². The molecule has 1 aliphatic rings. The maximum absolute atomic E-state index is 12.5. The highest BCUT2D eigenvalue weighted by molar-refractivity contribution is 7.89. The van der Waals surface area contributed by atoms with E-state index in [0.717, 1.165) is 12.8 Å². The first-order chi connectivity index (χ1) is 9.36. The maximum Gasteiger partial charge on any atom is 0.265 e. The molecule has 0 saturated carbocycles. The second kappa shape index (κ2) is 6.78. The zero-order valence-electron chi connectivity index (χ0n) is 12.1. The zero-order chi connectivity index (χ0) is 14.9. The predicted molar refractivity (Wildman–Crippen MR) is 82.0 cm³/mol. The molecule has 2 rings (SSSR count). The summed E-state index contributed by atoms with van der Waals surface area (Å²) in [7, 11) is -0.0683. The molecule has 0 atom stereocenters. The number of carbonyl (C=O) groups excluding carboxylic acids is 1. The van der Waals surface area contributed by atoms with Gasteiger partial charge < -0.3 is 15.6 Å². The Bertz CT molecular complexity index is 606. The molecule has 1 aromatic heterocycles. The summed E-state index contributed by atoms with van der Waals surface area (Å²) >= 11 is 0. The monoisotopic (exact) mass is 336 g/mol. The molecule has 1 aromatic rings. The SMILES string of the molecule is CNC1CCN(S(=O)(=O)c2cc(C(N)=O)n(C)c2)CC1.Cl. The van der Waals surface area contributed by atoms with E-state index in [1.54, 1.807) is 7.05 Å². The molecule has 1 amide bonds. The van der Waals surface area contributed by atoms with Crippen molar-refractivity contribution in [3.8, 4) is 0 Å². The Balaban J connectivity index is 0.00000220. The average Bonchev–Trinajstić information content (AvgIpc) is 2.82. The van der Waals surface area contributed by atoms with Crippen LogP contribution in [0.3, 0.4) is 0 Å². The number of carbonyl (C=O) groups is 1. The van der Waals surface area contributed by atoms with Gasteiger partial charge >= 0.3 is 0 Å². The number of hydrogen-bond donors (Lipinski definition) is 2. The molecule has 1 fully saturated rings. The lowest BCUT2D eigenvalue weighted by Gasteiger charge is -2.30. The lowest BCUT2D eigenvalue weighted by molar-refractivity contribution is 0.0992. The van der Waals surface area contributed by atoms with Crippen LogP contribution in [-0.2, 0) is 17.1 Å². The Labute approximate surface area is 130 Å². The van der Waals surface area contributed by atoms with Gasteiger partial charge in [-0.3, -0.25) is 4.79 Å². The number of piperidine rings is 1. The van der Waals surface area contributed by atoms with Gasteiger partial charge in [0.25, 0.3) is 5.91 Å². The number of sulfonamides is 1. The number of nitrogens with zero attached hydrogens (tertiary/aromatic N) is 2. The third-order valence-electron chi connectivity index (χ3n) is 3.73. The van der Waals surface area contributed by atoms with Gasteiger partial charge in [0.1, 0.15) is 10.6 Å². The van der Waals surface area contributed by atoms with Crippen molar-refractivity contribution in [2.75, 3.05) is 20.1 Å². The van der Waals surface area contributed by atoms with E-state index < -0.39 is 15.9 Å². The number of nitrogens with two attached hydrogens (primary N) is 1. The van der Waals surface area contributed by atoms with Gasteiger partial charge in [0.15, 0.2) is 0 Å². The Morgan fingerprint density at radius 3 is 2.38 bits per heavy atom. The van der Waals surface area contributed by atoms with Crippen LogP contribution >= 0.6 is 12.4 Å². The second-order valence-corrected chi connectivity index (χ2v) is 6.94. The van der Waals surface area contributed by atoms with E-state index in [-0.39, 0.29) is 23.0 Å². The van der Waals surface area contributed by atoms with Crippen LogP contribution in [0.2, 0.25) is 0 Å². The molecule has 0 bridgehead atoms. The number of aromatic nitrogens is 1. The molecule has 9 heteroatoms. The number of nitrogens with one attached hydrogen (secondary N) is 1. The van der Waals surface area contributed by atoms with Crippen LogP contribution in [0.1, 0.15) is 23.3 Å². The van der Waals surface area contributed by atoms with Gasteiger partial charge in [-0.05, 0) is 26.0 Å². The summed E-state index contributed by atoms with van der Waals surface area (Å²) in [6.45, 7) is 0.962. The largest absolute Gasteiger partial charge is 0.364 e. The van der Waals surface area contributed by atoms with E-state index >= 15 is 0 Å². The molecular weight excluding hydrogens is 316 g/mol. The van der Waals surface area contributed by atoms with Gasteiger partial charge in [0.2, 0.25) is 10.0 Å². The number of amides is 1. The summed E-state index contributed by atoms with van der Waals surface area (Å²) in [6.07, 6.45) is 3.00. The smallest absolute Gasteiger partial charge is 0.265 e. The van der Waals surface area contributed by atoms with Crippen molar-refractivity contribution in [3.63, 3.8) is 0 Å². The van der Waals surface area contributed by atoms with Crippen LogP contribution in [0.25, 0.3) is 0 Å². The number of rotatable bonds is 4. The van der Waals surface area contributed by atoms with Crippen molar-refractivity contribution >= 4 is 28.3 Å². The molecule has 0 unspecified atom stereocenters. The third kappa shape index (κ3) is 3.57. The van der Waals surface area contributed by atoms with Crippen LogP contribution in [0.15, 0.2) is 17.2 Å². The van der Waals surface area contributed by atoms with Crippen LogP contribution in [0.4, 0.5) is 0 Å². The fourth-order valence-electron chi connectivity index (χ4n) is 2.45. The highest BCUT2D eigenvalue weighted by Crippen LogP contribution is 2.22. The van der Waals surface area contributed by atoms with Crippen molar-refractivity contribution in [2.45, 2.75) is 23.8 Å². The molecule has 0 spiro atoms. The number of halogens is 1. The molecule has 3 N–H and O–H groups in total. The van der Waals surface area contributed by atoms with Crippen molar-refractivity contribution in [3.05, 3.63) is 18.0 Å². The lowest BCUT2D eigenvalue weighted by Crippen LogP contribution is -2.43. The van der Waals surface area contributed by atoms with Crippen molar-refractivity contribution in [1.29, 1.82) is 0 Å². The minimum absolute atomic E-state index is 0. The first-order valence-electron chi connectivity index (χ1n) is 6.50. The molecule has 0 radical (unpaired) electrons. The van der Waals surface area contributed by atoms with Crippen molar-refractivity contribution < 1.29 is 13.2 Å². The Morgan fingerprint density at radius 1 is 1.38 bits per heavy atom. The van der Waals surface area contributed by atoms with Crippen LogP contribution in [-0.4, -0.2) is 49.4 Å². The molecule has 1 aliphatic heterocycles. The predicted octanol–water partition coefficient (Wildman–Crippen LogP) is -0.0817. The van der Waals surface area contributed by atoms with Gasteiger partial charge in [0.05, 0.1) is 0 Å².